The van der Waals surface area contributed by atoms with Crippen LogP contribution in [-0.4, -0.2) is 23.3 Å². The first-order chi connectivity index (χ1) is 9.78. The molecule has 0 amide bonds. The zero-order valence-electron chi connectivity index (χ0n) is 11.4. The highest BCUT2D eigenvalue weighted by molar-refractivity contribution is 5.42. The van der Waals surface area contributed by atoms with Crippen molar-refractivity contribution in [1.82, 2.24) is 4.98 Å². The van der Waals surface area contributed by atoms with E-state index >= 15 is 0 Å². The number of aliphatic hydroxyl groups excluding tert-OH is 1. The SMILES string of the molecule is CCOc1cncc(C(O)c2ccc3c(c2)CCO3)c1. The van der Waals surface area contributed by atoms with Crippen LogP contribution in [0.25, 0.3) is 0 Å². The number of hydrogen-bond donors (Lipinski definition) is 1. The van der Waals surface area contributed by atoms with Gasteiger partial charge in [-0.15, -0.1) is 0 Å². The van der Waals surface area contributed by atoms with Crippen molar-refractivity contribution in [3.05, 3.63) is 53.3 Å². The Balaban J connectivity index is 1.88. The first-order valence-corrected chi connectivity index (χ1v) is 6.79. The number of fused-ring (bicyclic) bond motifs is 1. The smallest absolute Gasteiger partial charge is 0.137 e. The fraction of sp³-hybridized carbons (Fsp3) is 0.312. The summed E-state index contributed by atoms with van der Waals surface area (Å²) in [5.74, 6) is 1.59. The maximum atomic E-state index is 10.5. The summed E-state index contributed by atoms with van der Waals surface area (Å²) >= 11 is 0. The average molecular weight is 271 g/mol. The number of pyridine rings is 1. The lowest BCUT2D eigenvalue weighted by molar-refractivity contribution is 0.219. The second-order valence-electron chi connectivity index (χ2n) is 4.76. The van der Waals surface area contributed by atoms with Gasteiger partial charge in [0.2, 0.25) is 0 Å². The van der Waals surface area contributed by atoms with E-state index in [4.69, 9.17) is 9.47 Å². The van der Waals surface area contributed by atoms with Gasteiger partial charge in [-0.2, -0.15) is 0 Å². The van der Waals surface area contributed by atoms with E-state index in [0.29, 0.717) is 12.4 Å². The third-order valence-electron chi connectivity index (χ3n) is 3.39. The highest BCUT2D eigenvalue weighted by atomic mass is 16.5. The van der Waals surface area contributed by atoms with Crippen molar-refractivity contribution in [2.24, 2.45) is 0 Å². The van der Waals surface area contributed by atoms with Gasteiger partial charge in [-0.25, -0.2) is 0 Å². The van der Waals surface area contributed by atoms with E-state index in [-0.39, 0.29) is 0 Å². The van der Waals surface area contributed by atoms with Crippen LogP contribution in [0.5, 0.6) is 11.5 Å². The molecule has 0 aliphatic carbocycles. The summed E-state index contributed by atoms with van der Waals surface area (Å²) in [6.07, 6.45) is 3.51. The van der Waals surface area contributed by atoms with Crippen LogP contribution >= 0.6 is 0 Å². The highest BCUT2D eigenvalue weighted by Crippen LogP contribution is 2.31. The van der Waals surface area contributed by atoms with Gasteiger partial charge in [-0.05, 0) is 36.2 Å². The first kappa shape index (κ1) is 12.9. The van der Waals surface area contributed by atoms with Crippen molar-refractivity contribution in [2.45, 2.75) is 19.4 Å². The Kier molecular flexibility index (Phi) is 3.56. The van der Waals surface area contributed by atoms with Crippen LogP contribution in [0.4, 0.5) is 0 Å². The molecular weight excluding hydrogens is 254 g/mol. The van der Waals surface area contributed by atoms with Crippen LogP contribution in [-0.2, 0) is 6.42 Å². The third kappa shape index (κ3) is 2.47. The minimum atomic E-state index is -0.700. The number of nitrogens with zero attached hydrogens (tertiary/aromatic N) is 1. The van der Waals surface area contributed by atoms with E-state index < -0.39 is 6.10 Å². The highest BCUT2D eigenvalue weighted by Gasteiger charge is 2.17. The van der Waals surface area contributed by atoms with Crippen molar-refractivity contribution >= 4 is 0 Å². The third-order valence-corrected chi connectivity index (χ3v) is 3.39. The van der Waals surface area contributed by atoms with Crippen molar-refractivity contribution in [2.75, 3.05) is 13.2 Å². The zero-order valence-corrected chi connectivity index (χ0v) is 11.4. The molecule has 1 atom stereocenters. The van der Waals surface area contributed by atoms with Gasteiger partial charge >= 0.3 is 0 Å². The standard InChI is InChI=1S/C16H17NO3/c1-2-19-14-8-13(9-17-10-14)16(18)12-3-4-15-11(7-12)5-6-20-15/h3-4,7-10,16,18H,2,5-6H2,1H3. The molecule has 104 valence electrons. The van der Waals surface area contributed by atoms with E-state index in [1.54, 1.807) is 12.4 Å². The van der Waals surface area contributed by atoms with Gasteiger partial charge in [-0.3, -0.25) is 4.98 Å². The number of aromatic nitrogens is 1. The monoisotopic (exact) mass is 271 g/mol. The molecule has 1 unspecified atom stereocenters. The largest absolute Gasteiger partial charge is 0.493 e. The van der Waals surface area contributed by atoms with Crippen molar-refractivity contribution in [1.29, 1.82) is 0 Å². The van der Waals surface area contributed by atoms with Crippen molar-refractivity contribution in [3.8, 4) is 11.5 Å². The lowest BCUT2D eigenvalue weighted by atomic mass is 10.00. The summed E-state index contributed by atoms with van der Waals surface area (Å²) in [5, 5.41) is 10.5. The molecule has 3 rings (SSSR count). The van der Waals surface area contributed by atoms with E-state index in [1.165, 1.54) is 0 Å². The summed E-state index contributed by atoms with van der Waals surface area (Å²) in [6.45, 7) is 3.22. The molecule has 1 aromatic heterocycles. The summed E-state index contributed by atoms with van der Waals surface area (Å²) in [6, 6.07) is 7.63. The Morgan fingerprint density at radius 3 is 3.05 bits per heavy atom. The van der Waals surface area contributed by atoms with Gasteiger partial charge in [0.05, 0.1) is 19.4 Å². The van der Waals surface area contributed by atoms with Gasteiger partial charge in [0.25, 0.3) is 0 Å². The molecule has 1 aromatic carbocycles. The molecule has 0 saturated heterocycles. The lowest BCUT2D eigenvalue weighted by Gasteiger charge is -2.13. The van der Waals surface area contributed by atoms with Gasteiger partial charge in [0, 0.05) is 18.2 Å². The minimum absolute atomic E-state index is 0.581. The molecule has 1 aliphatic heterocycles. The van der Waals surface area contributed by atoms with Gasteiger partial charge < -0.3 is 14.6 Å². The summed E-state index contributed by atoms with van der Waals surface area (Å²) < 4.78 is 10.9. The first-order valence-electron chi connectivity index (χ1n) is 6.79. The van der Waals surface area contributed by atoms with E-state index in [9.17, 15) is 5.11 Å². The van der Waals surface area contributed by atoms with Gasteiger partial charge in [-0.1, -0.05) is 6.07 Å². The normalized spacial score (nSPS) is 14.5. The molecule has 0 spiro atoms. The van der Waals surface area contributed by atoms with Crippen LogP contribution < -0.4 is 9.47 Å². The number of ether oxygens (including phenoxy) is 2. The molecule has 4 heteroatoms. The van der Waals surface area contributed by atoms with Crippen LogP contribution in [0.3, 0.4) is 0 Å². The Bertz CT molecular complexity index is 612. The predicted molar refractivity (Wildman–Crippen MR) is 75.1 cm³/mol. The Morgan fingerprint density at radius 2 is 2.20 bits per heavy atom. The molecule has 0 bridgehead atoms. The zero-order chi connectivity index (χ0) is 13.9. The quantitative estimate of drug-likeness (QED) is 0.928. The van der Waals surface area contributed by atoms with E-state index in [0.717, 1.165) is 35.5 Å². The summed E-state index contributed by atoms with van der Waals surface area (Å²) in [7, 11) is 0. The minimum Gasteiger partial charge on any atom is -0.493 e. The summed E-state index contributed by atoms with van der Waals surface area (Å²) in [5.41, 5.74) is 2.73. The fourth-order valence-electron chi connectivity index (χ4n) is 2.40. The van der Waals surface area contributed by atoms with Gasteiger partial charge in [0.15, 0.2) is 0 Å². The number of aliphatic hydroxyl groups is 1. The van der Waals surface area contributed by atoms with E-state index in [2.05, 4.69) is 4.98 Å². The van der Waals surface area contributed by atoms with Crippen LogP contribution in [0.15, 0.2) is 36.7 Å². The molecule has 20 heavy (non-hydrogen) atoms. The molecule has 0 saturated carbocycles. The second kappa shape index (κ2) is 5.51. The Hall–Kier alpha value is -2.07. The molecule has 2 heterocycles. The van der Waals surface area contributed by atoms with Crippen molar-refractivity contribution in [3.63, 3.8) is 0 Å². The summed E-state index contributed by atoms with van der Waals surface area (Å²) in [4.78, 5) is 4.11. The molecular formula is C16H17NO3. The molecule has 1 aliphatic rings. The van der Waals surface area contributed by atoms with Crippen LogP contribution in [0, 0.1) is 0 Å². The van der Waals surface area contributed by atoms with Gasteiger partial charge in [0.1, 0.15) is 17.6 Å². The van der Waals surface area contributed by atoms with E-state index in [1.807, 2.05) is 31.2 Å². The molecule has 2 aromatic rings. The molecule has 1 N–H and O–H groups in total. The Labute approximate surface area is 118 Å². The fourth-order valence-corrected chi connectivity index (χ4v) is 2.40. The van der Waals surface area contributed by atoms with Crippen LogP contribution in [0.1, 0.15) is 29.7 Å². The van der Waals surface area contributed by atoms with Crippen LogP contribution in [0.2, 0.25) is 0 Å². The number of rotatable bonds is 4. The molecule has 4 nitrogen and oxygen atoms in total. The number of hydrogen-bond acceptors (Lipinski definition) is 4. The molecule has 0 radical (unpaired) electrons. The Morgan fingerprint density at radius 1 is 1.30 bits per heavy atom. The number of benzene rings is 1. The maximum absolute atomic E-state index is 10.5. The predicted octanol–water partition coefficient (Wildman–Crippen LogP) is 2.50. The van der Waals surface area contributed by atoms with Crippen molar-refractivity contribution < 1.29 is 14.6 Å². The maximum Gasteiger partial charge on any atom is 0.137 e. The average Bonchev–Trinajstić information content (AvgIpc) is 2.94. The molecule has 0 fully saturated rings. The lowest BCUT2D eigenvalue weighted by Crippen LogP contribution is -2.02. The second-order valence-corrected chi connectivity index (χ2v) is 4.76. The topological polar surface area (TPSA) is 51.6 Å².